The number of aryl methyl sites for hydroxylation is 1. The van der Waals surface area contributed by atoms with Gasteiger partial charge in [0.15, 0.2) is 22.6 Å². The Morgan fingerprint density at radius 1 is 1.05 bits per heavy atom. The summed E-state index contributed by atoms with van der Waals surface area (Å²) in [6, 6.07) is 7.74. The van der Waals surface area contributed by atoms with Crippen LogP contribution in [0.4, 0.5) is 24.0 Å². The molecule has 102 valence electrons. The van der Waals surface area contributed by atoms with Crippen LogP contribution in [-0.4, -0.2) is 4.98 Å². The summed E-state index contributed by atoms with van der Waals surface area (Å²) in [5.74, 6) is -3.96. The van der Waals surface area contributed by atoms with E-state index >= 15 is 0 Å². The van der Waals surface area contributed by atoms with Crippen LogP contribution in [0.25, 0.3) is 10.2 Å². The van der Waals surface area contributed by atoms with Crippen molar-refractivity contribution >= 4 is 32.4 Å². The van der Waals surface area contributed by atoms with E-state index in [0.717, 1.165) is 27.9 Å². The van der Waals surface area contributed by atoms with Gasteiger partial charge in [-0.2, -0.15) is 0 Å². The van der Waals surface area contributed by atoms with Crippen LogP contribution in [-0.2, 0) is 0 Å². The number of para-hydroxylation sites is 1. The van der Waals surface area contributed by atoms with Gasteiger partial charge in [-0.3, -0.25) is 0 Å². The minimum atomic E-state index is -1.49. The van der Waals surface area contributed by atoms with Crippen LogP contribution < -0.4 is 5.32 Å². The molecule has 0 saturated carbocycles. The monoisotopic (exact) mass is 294 g/mol. The molecule has 0 unspecified atom stereocenters. The fourth-order valence-electron chi connectivity index (χ4n) is 1.88. The van der Waals surface area contributed by atoms with Gasteiger partial charge >= 0.3 is 0 Å². The zero-order chi connectivity index (χ0) is 14.3. The molecule has 0 atom stereocenters. The Bertz CT molecular complexity index is 798. The Morgan fingerprint density at radius 3 is 2.60 bits per heavy atom. The van der Waals surface area contributed by atoms with Crippen molar-refractivity contribution in [1.29, 1.82) is 0 Å². The molecular weight excluding hydrogens is 285 g/mol. The lowest BCUT2D eigenvalue weighted by atomic mass is 10.2. The summed E-state index contributed by atoms with van der Waals surface area (Å²) in [5, 5.41) is 3.11. The smallest absolute Gasteiger partial charge is 0.196 e. The van der Waals surface area contributed by atoms with Gasteiger partial charge < -0.3 is 5.32 Å². The second kappa shape index (κ2) is 4.79. The van der Waals surface area contributed by atoms with Gasteiger partial charge in [0.1, 0.15) is 0 Å². The maximum absolute atomic E-state index is 13.6. The molecule has 0 saturated heterocycles. The SMILES string of the molecule is Cc1cccc2sc(Nc3ccc(F)c(F)c3F)nc12. The number of benzene rings is 2. The van der Waals surface area contributed by atoms with Gasteiger partial charge in [-0.15, -0.1) is 0 Å². The highest BCUT2D eigenvalue weighted by Crippen LogP contribution is 2.31. The Labute approximate surface area is 116 Å². The maximum atomic E-state index is 13.6. The standard InChI is InChI=1S/C14H9F3N2S/c1-7-3-2-4-10-13(7)19-14(20-10)18-9-6-5-8(15)11(16)12(9)17/h2-6H,1H3,(H,18,19). The van der Waals surface area contributed by atoms with Crippen molar-refractivity contribution in [2.24, 2.45) is 0 Å². The molecular formula is C14H9F3N2S. The second-order valence-corrected chi connectivity index (χ2v) is 5.32. The first-order chi connectivity index (χ1) is 9.56. The predicted molar refractivity (Wildman–Crippen MR) is 74.0 cm³/mol. The van der Waals surface area contributed by atoms with Crippen molar-refractivity contribution in [3.05, 3.63) is 53.3 Å². The van der Waals surface area contributed by atoms with Crippen molar-refractivity contribution in [3.63, 3.8) is 0 Å². The molecule has 1 N–H and O–H groups in total. The molecule has 3 rings (SSSR count). The molecule has 0 spiro atoms. The quantitative estimate of drug-likeness (QED) is 0.689. The second-order valence-electron chi connectivity index (χ2n) is 4.29. The van der Waals surface area contributed by atoms with Gasteiger partial charge in [-0.05, 0) is 30.7 Å². The lowest BCUT2D eigenvalue weighted by molar-refractivity contribution is 0.449. The molecule has 2 aromatic carbocycles. The number of nitrogens with one attached hydrogen (secondary N) is 1. The van der Waals surface area contributed by atoms with Gasteiger partial charge in [0.05, 0.1) is 15.9 Å². The van der Waals surface area contributed by atoms with Crippen molar-refractivity contribution in [1.82, 2.24) is 4.98 Å². The Kier molecular flexibility index (Phi) is 3.10. The summed E-state index contributed by atoms with van der Waals surface area (Å²) in [6.45, 7) is 1.92. The lowest BCUT2D eigenvalue weighted by Crippen LogP contribution is -1.98. The van der Waals surface area contributed by atoms with Gasteiger partial charge in [0.25, 0.3) is 0 Å². The first kappa shape index (κ1) is 12.9. The minimum absolute atomic E-state index is 0.138. The number of thiazole rings is 1. The number of rotatable bonds is 2. The van der Waals surface area contributed by atoms with Crippen molar-refractivity contribution in [2.45, 2.75) is 6.92 Å². The number of halogens is 3. The molecule has 2 nitrogen and oxygen atoms in total. The van der Waals surface area contributed by atoms with Crippen LogP contribution >= 0.6 is 11.3 Å². The van der Waals surface area contributed by atoms with Gasteiger partial charge in [-0.1, -0.05) is 23.5 Å². The van der Waals surface area contributed by atoms with E-state index in [1.54, 1.807) is 0 Å². The zero-order valence-corrected chi connectivity index (χ0v) is 11.2. The topological polar surface area (TPSA) is 24.9 Å². The maximum Gasteiger partial charge on any atom is 0.196 e. The van der Waals surface area contributed by atoms with Gasteiger partial charge in [0, 0.05) is 0 Å². The number of aromatic nitrogens is 1. The van der Waals surface area contributed by atoms with Gasteiger partial charge in [-0.25, -0.2) is 18.2 Å². The first-order valence-electron chi connectivity index (χ1n) is 5.83. The number of fused-ring (bicyclic) bond motifs is 1. The Hall–Kier alpha value is -2.08. The molecule has 3 aromatic rings. The Morgan fingerprint density at radius 2 is 1.85 bits per heavy atom. The van der Waals surface area contributed by atoms with E-state index in [4.69, 9.17) is 0 Å². The number of hydrogen-bond donors (Lipinski definition) is 1. The average molecular weight is 294 g/mol. The lowest BCUT2D eigenvalue weighted by Gasteiger charge is -2.04. The third-order valence-corrected chi connectivity index (χ3v) is 3.83. The third kappa shape index (κ3) is 2.12. The zero-order valence-electron chi connectivity index (χ0n) is 10.4. The van der Waals surface area contributed by atoms with Crippen LogP contribution in [0.2, 0.25) is 0 Å². The van der Waals surface area contributed by atoms with E-state index in [1.807, 2.05) is 25.1 Å². The minimum Gasteiger partial charge on any atom is -0.329 e. The van der Waals surface area contributed by atoms with Crippen LogP contribution in [0.3, 0.4) is 0 Å². The molecule has 0 bridgehead atoms. The summed E-state index contributed by atoms with van der Waals surface area (Å²) < 4.78 is 40.5. The largest absolute Gasteiger partial charge is 0.329 e. The fraction of sp³-hybridized carbons (Fsp3) is 0.0714. The third-order valence-electron chi connectivity index (χ3n) is 2.90. The normalized spacial score (nSPS) is 11.0. The number of nitrogens with zero attached hydrogens (tertiary/aromatic N) is 1. The molecule has 0 aliphatic heterocycles. The molecule has 0 fully saturated rings. The van der Waals surface area contributed by atoms with Crippen LogP contribution in [0.15, 0.2) is 30.3 Å². The summed E-state index contributed by atoms with van der Waals surface area (Å²) >= 11 is 1.32. The van der Waals surface area contributed by atoms with E-state index in [-0.39, 0.29) is 5.69 Å². The Balaban J connectivity index is 2.01. The molecule has 0 aliphatic rings. The van der Waals surface area contributed by atoms with E-state index in [0.29, 0.717) is 5.13 Å². The first-order valence-corrected chi connectivity index (χ1v) is 6.64. The van der Waals surface area contributed by atoms with E-state index in [9.17, 15) is 13.2 Å². The molecule has 1 heterocycles. The van der Waals surface area contributed by atoms with Gasteiger partial charge in [0.2, 0.25) is 0 Å². The molecule has 1 aromatic heterocycles. The average Bonchev–Trinajstić information content (AvgIpc) is 2.84. The van der Waals surface area contributed by atoms with E-state index < -0.39 is 17.5 Å². The number of hydrogen-bond acceptors (Lipinski definition) is 3. The highest BCUT2D eigenvalue weighted by molar-refractivity contribution is 7.22. The molecule has 6 heteroatoms. The van der Waals surface area contributed by atoms with Crippen molar-refractivity contribution < 1.29 is 13.2 Å². The molecule has 20 heavy (non-hydrogen) atoms. The molecule has 0 amide bonds. The van der Waals surface area contributed by atoms with Crippen LogP contribution in [0, 0.1) is 24.4 Å². The highest BCUT2D eigenvalue weighted by atomic mass is 32.1. The summed E-state index contributed by atoms with van der Waals surface area (Å²) in [6.07, 6.45) is 0. The van der Waals surface area contributed by atoms with E-state index in [2.05, 4.69) is 10.3 Å². The highest BCUT2D eigenvalue weighted by Gasteiger charge is 2.14. The number of anilines is 2. The van der Waals surface area contributed by atoms with Crippen molar-refractivity contribution in [3.8, 4) is 0 Å². The van der Waals surface area contributed by atoms with Crippen LogP contribution in [0.5, 0.6) is 0 Å². The predicted octanol–water partition coefficient (Wildman–Crippen LogP) is 4.77. The molecule has 0 radical (unpaired) electrons. The fourth-order valence-corrected chi connectivity index (χ4v) is 2.83. The molecule has 0 aliphatic carbocycles. The summed E-state index contributed by atoms with van der Waals surface area (Å²) in [5.41, 5.74) is 1.67. The van der Waals surface area contributed by atoms with E-state index in [1.165, 1.54) is 11.3 Å². The van der Waals surface area contributed by atoms with Crippen LogP contribution in [0.1, 0.15) is 5.56 Å². The van der Waals surface area contributed by atoms with Crippen molar-refractivity contribution in [2.75, 3.05) is 5.32 Å². The summed E-state index contributed by atoms with van der Waals surface area (Å²) in [4.78, 5) is 4.33. The summed E-state index contributed by atoms with van der Waals surface area (Å²) in [7, 11) is 0.